The van der Waals surface area contributed by atoms with Gasteiger partial charge in [-0.25, -0.2) is 0 Å². The second-order valence-electron chi connectivity index (χ2n) is 8.71. The van der Waals surface area contributed by atoms with E-state index in [0.29, 0.717) is 23.6 Å². The van der Waals surface area contributed by atoms with Crippen LogP contribution in [0.1, 0.15) is 49.0 Å². The number of carbonyl (C=O) groups is 2. The lowest BCUT2D eigenvalue weighted by Crippen LogP contribution is -2.32. The fourth-order valence-electron chi connectivity index (χ4n) is 3.94. The van der Waals surface area contributed by atoms with Crippen LogP contribution < -0.4 is 15.4 Å². The average molecular weight is 488 g/mol. The molecule has 6 nitrogen and oxygen atoms in total. The summed E-state index contributed by atoms with van der Waals surface area (Å²) >= 11 is 0. The molecule has 0 heterocycles. The summed E-state index contributed by atoms with van der Waals surface area (Å²) in [5, 5.41) is 6.05. The molecule has 190 valence electrons. The van der Waals surface area contributed by atoms with E-state index < -0.39 is 0 Å². The maximum atomic E-state index is 12.7. The van der Waals surface area contributed by atoms with Crippen molar-refractivity contribution in [2.45, 2.75) is 39.5 Å². The quantitative estimate of drug-likeness (QED) is 0.273. The number of aryl methyl sites for hydroxylation is 1. The fraction of sp³-hybridized carbons (Fsp3) is 0.333. The third-order valence-electron chi connectivity index (χ3n) is 5.73. The summed E-state index contributed by atoms with van der Waals surface area (Å²) in [7, 11) is 0. The highest BCUT2D eigenvalue weighted by atomic mass is 16.5. The van der Waals surface area contributed by atoms with Gasteiger partial charge in [0.05, 0.1) is 18.8 Å². The molecule has 0 aliphatic carbocycles. The van der Waals surface area contributed by atoms with Crippen molar-refractivity contribution in [3.05, 3.63) is 90.0 Å². The topological polar surface area (TPSA) is 70.7 Å². The molecule has 0 spiro atoms. The standard InChI is InChI=1S/C30H37N3O3/c1-3-20-33(21-4-2)30(35)25-16-18-26(19-17-25)31-23-29(34)32-27-14-8-9-15-28(27)36-22-10-13-24-11-6-5-7-12-24/h5-9,11-12,14-19,31H,3-4,10,13,20-23H2,1-2H3,(H,32,34). The van der Waals surface area contributed by atoms with E-state index in [2.05, 4.69) is 36.6 Å². The van der Waals surface area contributed by atoms with Crippen LogP contribution in [-0.2, 0) is 11.2 Å². The largest absolute Gasteiger partial charge is 0.491 e. The van der Waals surface area contributed by atoms with Gasteiger partial charge >= 0.3 is 0 Å². The molecule has 0 saturated heterocycles. The summed E-state index contributed by atoms with van der Waals surface area (Å²) in [6.07, 6.45) is 3.70. The SMILES string of the molecule is CCCN(CCC)C(=O)c1ccc(NCC(=O)Nc2ccccc2OCCCc2ccccc2)cc1. The Bertz CT molecular complexity index is 1080. The third-order valence-corrected chi connectivity index (χ3v) is 5.73. The maximum Gasteiger partial charge on any atom is 0.253 e. The van der Waals surface area contributed by atoms with Gasteiger partial charge in [-0.3, -0.25) is 9.59 Å². The summed E-state index contributed by atoms with van der Waals surface area (Å²) in [5.74, 6) is 0.529. The van der Waals surface area contributed by atoms with Gasteiger partial charge in [0.1, 0.15) is 5.75 Å². The van der Waals surface area contributed by atoms with Crippen molar-refractivity contribution in [2.75, 3.05) is 36.9 Å². The van der Waals surface area contributed by atoms with E-state index in [-0.39, 0.29) is 18.4 Å². The minimum absolute atomic E-state index is 0.0448. The second kappa shape index (κ2) is 14.6. The number of hydrogen-bond donors (Lipinski definition) is 2. The molecule has 0 aliphatic heterocycles. The first-order valence-corrected chi connectivity index (χ1v) is 12.8. The number of benzene rings is 3. The van der Waals surface area contributed by atoms with E-state index in [0.717, 1.165) is 44.5 Å². The van der Waals surface area contributed by atoms with Crippen molar-refractivity contribution < 1.29 is 14.3 Å². The first-order chi connectivity index (χ1) is 17.6. The van der Waals surface area contributed by atoms with Crippen LogP contribution in [0.5, 0.6) is 5.75 Å². The first-order valence-electron chi connectivity index (χ1n) is 12.8. The predicted octanol–water partition coefficient (Wildman–Crippen LogP) is 6.01. The van der Waals surface area contributed by atoms with Crippen molar-refractivity contribution >= 4 is 23.2 Å². The van der Waals surface area contributed by atoms with E-state index in [1.54, 1.807) is 12.1 Å². The van der Waals surface area contributed by atoms with Crippen LogP contribution in [0.4, 0.5) is 11.4 Å². The number of hydrogen-bond acceptors (Lipinski definition) is 4. The van der Waals surface area contributed by atoms with Gasteiger partial charge in [0.15, 0.2) is 0 Å². The van der Waals surface area contributed by atoms with Crippen molar-refractivity contribution in [3.8, 4) is 5.75 Å². The molecule has 36 heavy (non-hydrogen) atoms. The van der Waals surface area contributed by atoms with E-state index >= 15 is 0 Å². The molecule has 0 unspecified atom stereocenters. The number of rotatable bonds is 14. The van der Waals surface area contributed by atoms with Crippen molar-refractivity contribution in [1.82, 2.24) is 4.90 Å². The molecule has 6 heteroatoms. The Morgan fingerprint density at radius 2 is 1.50 bits per heavy atom. The Kier molecular flexibility index (Phi) is 10.8. The van der Waals surface area contributed by atoms with Gasteiger partial charge in [0, 0.05) is 24.3 Å². The Balaban J connectivity index is 1.47. The van der Waals surface area contributed by atoms with Gasteiger partial charge in [-0.15, -0.1) is 0 Å². The van der Waals surface area contributed by atoms with Crippen molar-refractivity contribution in [1.29, 1.82) is 0 Å². The molecule has 0 aromatic heterocycles. The molecule has 3 aromatic carbocycles. The number of nitrogens with one attached hydrogen (secondary N) is 2. The second-order valence-corrected chi connectivity index (χ2v) is 8.71. The molecule has 0 saturated carbocycles. The van der Waals surface area contributed by atoms with Gasteiger partial charge in [-0.2, -0.15) is 0 Å². The van der Waals surface area contributed by atoms with Crippen LogP contribution in [0.3, 0.4) is 0 Å². The Labute approximate surface area is 214 Å². The molecule has 0 radical (unpaired) electrons. The summed E-state index contributed by atoms with van der Waals surface area (Å²) < 4.78 is 5.94. The van der Waals surface area contributed by atoms with Crippen LogP contribution in [0.25, 0.3) is 0 Å². The Morgan fingerprint density at radius 3 is 2.19 bits per heavy atom. The Morgan fingerprint density at radius 1 is 0.833 bits per heavy atom. The molecular weight excluding hydrogens is 450 g/mol. The lowest BCUT2D eigenvalue weighted by atomic mass is 10.1. The number of para-hydroxylation sites is 2. The number of carbonyl (C=O) groups excluding carboxylic acids is 2. The highest BCUT2D eigenvalue weighted by Gasteiger charge is 2.14. The van der Waals surface area contributed by atoms with Gasteiger partial charge in [0.2, 0.25) is 5.91 Å². The molecule has 0 aliphatic rings. The Hall–Kier alpha value is -3.80. The highest BCUT2D eigenvalue weighted by molar-refractivity contribution is 5.96. The number of ether oxygens (including phenoxy) is 1. The van der Waals surface area contributed by atoms with Gasteiger partial charge in [0.25, 0.3) is 5.91 Å². The van der Waals surface area contributed by atoms with E-state index in [4.69, 9.17) is 4.74 Å². The van der Waals surface area contributed by atoms with Gasteiger partial charge < -0.3 is 20.3 Å². The molecule has 3 aromatic rings. The van der Waals surface area contributed by atoms with Crippen molar-refractivity contribution in [2.24, 2.45) is 0 Å². The normalized spacial score (nSPS) is 10.5. The highest BCUT2D eigenvalue weighted by Crippen LogP contribution is 2.24. The molecule has 0 atom stereocenters. The smallest absolute Gasteiger partial charge is 0.253 e. The van der Waals surface area contributed by atoms with Crippen LogP contribution in [-0.4, -0.2) is 43.0 Å². The molecular formula is C30H37N3O3. The van der Waals surface area contributed by atoms with Gasteiger partial charge in [-0.1, -0.05) is 56.3 Å². The third kappa shape index (κ3) is 8.45. The molecule has 0 fully saturated rings. The maximum absolute atomic E-state index is 12.7. The van der Waals surface area contributed by atoms with Crippen LogP contribution >= 0.6 is 0 Å². The molecule has 2 N–H and O–H groups in total. The molecule has 2 amide bonds. The zero-order chi connectivity index (χ0) is 25.6. The van der Waals surface area contributed by atoms with Crippen molar-refractivity contribution in [3.63, 3.8) is 0 Å². The van der Waals surface area contributed by atoms with Crippen LogP contribution in [0, 0.1) is 0 Å². The average Bonchev–Trinajstić information content (AvgIpc) is 2.91. The first kappa shape index (κ1) is 26.8. The summed E-state index contributed by atoms with van der Waals surface area (Å²) in [4.78, 5) is 27.2. The van der Waals surface area contributed by atoms with Crippen LogP contribution in [0.2, 0.25) is 0 Å². The van der Waals surface area contributed by atoms with E-state index in [1.807, 2.05) is 59.5 Å². The molecule has 3 rings (SSSR count). The predicted molar refractivity (Wildman–Crippen MR) is 147 cm³/mol. The fourth-order valence-corrected chi connectivity index (χ4v) is 3.94. The summed E-state index contributed by atoms with van der Waals surface area (Å²) in [5.41, 5.74) is 3.37. The summed E-state index contributed by atoms with van der Waals surface area (Å²) in [6.45, 7) is 6.33. The zero-order valence-electron chi connectivity index (χ0n) is 21.3. The van der Waals surface area contributed by atoms with E-state index in [9.17, 15) is 9.59 Å². The minimum atomic E-state index is -0.174. The number of amides is 2. The number of anilines is 2. The summed E-state index contributed by atoms with van der Waals surface area (Å²) in [6, 6.07) is 25.1. The van der Waals surface area contributed by atoms with Crippen LogP contribution in [0.15, 0.2) is 78.9 Å². The number of nitrogens with zero attached hydrogens (tertiary/aromatic N) is 1. The monoisotopic (exact) mass is 487 g/mol. The minimum Gasteiger partial charge on any atom is -0.491 e. The van der Waals surface area contributed by atoms with E-state index in [1.165, 1.54) is 5.56 Å². The lowest BCUT2D eigenvalue weighted by Gasteiger charge is -2.21. The van der Waals surface area contributed by atoms with Gasteiger partial charge in [-0.05, 0) is 67.6 Å². The zero-order valence-corrected chi connectivity index (χ0v) is 21.3. The lowest BCUT2D eigenvalue weighted by molar-refractivity contribution is -0.114. The molecule has 0 bridgehead atoms.